The summed E-state index contributed by atoms with van der Waals surface area (Å²) in [6.07, 6.45) is -2.18. The van der Waals surface area contributed by atoms with Gasteiger partial charge in [-0.2, -0.15) is 0 Å². The monoisotopic (exact) mass is 388 g/mol. The van der Waals surface area contributed by atoms with E-state index in [1.165, 1.54) is 12.1 Å². The maximum atomic E-state index is 14.5. The van der Waals surface area contributed by atoms with E-state index in [0.717, 1.165) is 12.1 Å². The molecule has 0 saturated carbocycles. The Labute approximate surface area is 153 Å². The van der Waals surface area contributed by atoms with Crippen LogP contribution < -0.4 is 4.74 Å². The fourth-order valence-electron chi connectivity index (χ4n) is 2.86. The zero-order chi connectivity index (χ0) is 18.9. The number of ether oxygens (including phenoxy) is 3. The van der Waals surface area contributed by atoms with Gasteiger partial charge in [0.25, 0.3) is 5.92 Å². The highest BCUT2D eigenvalue weighted by molar-refractivity contribution is 7.80. The minimum atomic E-state index is -3.19. The molecule has 1 atom stereocenters. The predicted octanol–water partition coefficient (Wildman–Crippen LogP) is 5.29. The van der Waals surface area contributed by atoms with Gasteiger partial charge in [0.05, 0.1) is 0 Å². The molecule has 0 unspecified atom stereocenters. The van der Waals surface area contributed by atoms with Crippen molar-refractivity contribution < 1.29 is 31.8 Å². The fourth-order valence-corrected chi connectivity index (χ4v) is 3.19. The van der Waals surface area contributed by atoms with Crippen molar-refractivity contribution in [3.05, 3.63) is 53.1 Å². The second-order valence-electron chi connectivity index (χ2n) is 5.78. The van der Waals surface area contributed by atoms with Crippen LogP contribution in [0.5, 0.6) is 11.5 Å². The Morgan fingerprint density at radius 1 is 1.15 bits per heavy atom. The van der Waals surface area contributed by atoms with Gasteiger partial charge in [-0.1, -0.05) is 0 Å². The molecule has 2 aromatic rings. The molecule has 140 valence electrons. The van der Waals surface area contributed by atoms with E-state index in [1.54, 1.807) is 6.92 Å². The van der Waals surface area contributed by atoms with Crippen molar-refractivity contribution in [3.8, 4) is 11.5 Å². The first-order valence-electron chi connectivity index (χ1n) is 7.87. The molecule has 3 rings (SSSR count). The molecular weight excluding hydrogens is 372 g/mol. The summed E-state index contributed by atoms with van der Waals surface area (Å²) in [5.41, 5.74) is 0.376. The summed E-state index contributed by atoms with van der Waals surface area (Å²) in [5, 5.41) is 0. The first-order valence-corrected chi connectivity index (χ1v) is 8.32. The average Bonchev–Trinajstić information content (AvgIpc) is 2.81. The van der Waals surface area contributed by atoms with Gasteiger partial charge in [-0.25, -0.2) is 17.6 Å². The molecule has 0 aromatic heterocycles. The van der Waals surface area contributed by atoms with Crippen LogP contribution in [0.25, 0.3) is 0 Å². The molecular formula is C18H16F4O3S. The van der Waals surface area contributed by atoms with Gasteiger partial charge >= 0.3 is 0 Å². The Morgan fingerprint density at radius 3 is 2.50 bits per heavy atom. The molecule has 26 heavy (non-hydrogen) atoms. The Kier molecular flexibility index (Phi) is 5.45. The summed E-state index contributed by atoms with van der Waals surface area (Å²) in [4.78, 5) is 0.316. The van der Waals surface area contributed by atoms with Gasteiger partial charge in [0.2, 0.25) is 0 Å². The summed E-state index contributed by atoms with van der Waals surface area (Å²) in [7, 11) is 0. The predicted molar refractivity (Wildman–Crippen MR) is 89.1 cm³/mol. The number of alkyl halides is 2. The molecule has 8 heteroatoms. The summed E-state index contributed by atoms with van der Waals surface area (Å²) in [6, 6.07) is 5.55. The van der Waals surface area contributed by atoms with Crippen LogP contribution >= 0.6 is 12.6 Å². The standard InChI is InChI=1S/C18H16F4O3S/c1-2-23-9-24-17-16-13(8-18(17,21)22)14(3-4-15(16)26)25-12-6-10(19)5-11(20)7-12/h3-7,17,26H,2,8-9H2,1H3/t17-/m0/s1. The van der Waals surface area contributed by atoms with Gasteiger partial charge in [0.1, 0.15) is 29.9 Å². The lowest BCUT2D eigenvalue weighted by Crippen LogP contribution is -2.25. The Hall–Kier alpha value is -1.77. The highest BCUT2D eigenvalue weighted by Crippen LogP contribution is 2.51. The van der Waals surface area contributed by atoms with E-state index in [9.17, 15) is 17.6 Å². The van der Waals surface area contributed by atoms with Crippen LogP contribution in [-0.2, 0) is 15.9 Å². The normalized spacial score (nSPS) is 18.0. The van der Waals surface area contributed by atoms with Crippen molar-refractivity contribution in [2.75, 3.05) is 13.4 Å². The number of rotatable bonds is 6. The third kappa shape index (κ3) is 3.82. The van der Waals surface area contributed by atoms with Crippen molar-refractivity contribution in [3.63, 3.8) is 0 Å². The molecule has 0 heterocycles. The smallest absolute Gasteiger partial charge is 0.282 e. The van der Waals surface area contributed by atoms with E-state index in [1.807, 2.05) is 0 Å². The molecule has 0 saturated heterocycles. The van der Waals surface area contributed by atoms with Crippen LogP contribution in [0.15, 0.2) is 35.2 Å². The number of hydrogen-bond acceptors (Lipinski definition) is 4. The number of benzene rings is 2. The van der Waals surface area contributed by atoms with E-state index >= 15 is 0 Å². The van der Waals surface area contributed by atoms with Gasteiger partial charge in [0.15, 0.2) is 6.10 Å². The van der Waals surface area contributed by atoms with Gasteiger partial charge < -0.3 is 14.2 Å². The fraction of sp³-hybridized carbons (Fsp3) is 0.333. The Balaban J connectivity index is 1.96. The third-order valence-electron chi connectivity index (χ3n) is 3.94. The molecule has 2 aromatic carbocycles. The Bertz CT molecular complexity index is 793. The van der Waals surface area contributed by atoms with Crippen LogP contribution in [0.3, 0.4) is 0 Å². The summed E-state index contributed by atoms with van der Waals surface area (Å²) >= 11 is 4.25. The molecule has 0 aliphatic heterocycles. The lowest BCUT2D eigenvalue weighted by atomic mass is 10.1. The number of fused-ring (bicyclic) bond motifs is 1. The van der Waals surface area contributed by atoms with Gasteiger partial charge in [-0.05, 0) is 19.1 Å². The topological polar surface area (TPSA) is 27.7 Å². The first kappa shape index (κ1) is 19.0. The zero-order valence-electron chi connectivity index (χ0n) is 13.8. The second-order valence-corrected chi connectivity index (χ2v) is 6.26. The lowest BCUT2D eigenvalue weighted by molar-refractivity contribution is -0.175. The number of hydrogen-bond donors (Lipinski definition) is 1. The van der Waals surface area contributed by atoms with Crippen molar-refractivity contribution >= 4 is 12.6 Å². The molecule has 1 aliphatic rings. The van der Waals surface area contributed by atoms with Crippen LogP contribution in [0.2, 0.25) is 0 Å². The van der Waals surface area contributed by atoms with Gasteiger partial charge in [-0.15, -0.1) is 12.6 Å². The molecule has 0 bridgehead atoms. The Morgan fingerprint density at radius 2 is 1.85 bits per heavy atom. The molecule has 0 N–H and O–H groups in total. The summed E-state index contributed by atoms with van der Waals surface area (Å²) in [6.45, 7) is 1.76. The largest absolute Gasteiger partial charge is 0.457 e. The molecule has 3 nitrogen and oxygen atoms in total. The van der Waals surface area contributed by atoms with Crippen molar-refractivity contribution in [2.45, 2.75) is 30.3 Å². The minimum Gasteiger partial charge on any atom is -0.457 e. The highest BCUT2D eigenvalue weighted by Gasteiger charge is 2.51. The van der Waals surface area contributed by atoms with Crippen LogP contribution in [0.4, 0.5) is 17.6 Å². The van der Waals surface area contributed by atoms with Crippen molar-refractivity contribution in [1.29, 1.82) is 0 Å². The van der Waals surface area contributed by atoms with E-state index in [4.69, 9.17) is 14.2 Å². The summed E-state index contributed by atoms with van der Waals surface area (Å²) < 4.78 is 71.3. The lowest BCUT2D eigenvalue weighted by Gasteiger charge is -2.21. The van der Waals surface area contributed by atoms with Crippen molar-refractivity contribution in [1.82, 2.24) is 0 Å². The SMILES string of the molecule is CCOCO[C@H]1c2c(S)ccc(Oc3cc(F)cc(F)c3)c2CC1(F)F. The van der Waals surface area contributed by atoms with Crippen LogP contribution in [0.1, 0.15) is 24.2 Å². The maximum Gasteiger partial charge on any atom is 0.282 e. The quantitative estimate of drug-likeness (QED) is 0.315. The van der Waals surface area contributed by atoms with Crippen LogP contribution in [0, 0.1) is 11.6 Å². The van der Waals surface area contributed by atoms with Gasteiger partial charge in [0, 0.05) is 47.2 Å². The second kappa shape index (κ2) is 7.46. The number of halogens is 4. The molecule has 0 fully saturated rings. The summed E-state index contributed by atoms with van der Waals surface area (Å²) in [5.74, 6) is -4.90. The molecule has 0 radical (unpaired) electrons. The zero-order valence-corrected chi connectivity index (χ0v) is 14.7. The van der Waals surface area contributed by atoms with Crippen molar-refractivity contribution in [2.24, 2.45) is 0 Å². The van der Waals surface area contributed by atoms with E-state index in [0.29, 0.717) is 17.6 Å². The molecule has 0 amide bonds. The van der Waals surface area contributed by atoms with Crippen LogP contribution in [-0.4, -0.2) is 19.3 Å². The number of thiol groups is 1. The van der Waals surface area contributed by atoms with E-state index in [2.05, 4.69) is 12.6 Å². The average molecular weight is 388 g/mol. The highest BCUT2D eigenvalue weighted by atomic mass is 32.1. The van der Waals surface area contributed by atoms with E-state index < -0.39 is 30.1 Å². The van der Waals surface area contributed by atoms with Gasteiger partial charge in [-0.3, -0.25) is 0 Å². The third-order valence-corrected chi connectivity index (χ3v) is 4.33. The molecule has 0 spiro atoms. The van der Waals surface area contributed by atoms with E-state index in [-0.39, 0.29) is 29.4 Å². The first-order chi connectivity index (χ1) is 12.3. The molecule has 1 aliphatic carbocycles. The minimum absolute atomic E-state index is 0.0741. The maximum absolute atomic E-state index is 14.5.